The molecule has 0 aliphatic heterocycles. The third-order valence-corrected chi connectivity index (χ3v) is 56.8. The van der Waals surface area contributed by atoms with E-state index in [0.29, 0.717) is 7.35 Å². The van der Waals surface area contributed by atoms with Gasteiger partial charge in [0.1, 0.15) is 0 Å². The van der Waals surface area contributed by atoms with Crippen LogP contribution in [0.25, 0.3) is 12.2 Å². The van der Waals surface area contributed by atoms with E-state index in [9.17, 15) is 0 Å². The second-order valence-corrected chi connectivity index (χ2v) is 71.2. The number of hydrogen-bond acceptors (Lipinski definition) is 0. The van der Waals surface area contributed by atoms with Gasteiger partial charge in [-0.1, -0.05) is 0 Å². The molecular formula is C30H41HfSi. The van der Waals surface area contributed by atoms with E-state index in [4.69, 9.17) is 0 Å². The van der Waals surface area contributed by atoms with Crippen LogP contribution in [0.1, 0.15) is 85.0 Å². The maximum absolute atomic E-state index is 4.25. The molecule has 0 heterocycles. The van der Waals surface area contributed by atoms with Crippen LogP contribution < -0.4 is 0 Å². The van der Waals surface area contributed by atoms with Crippen molar-refractivity contribution < 1.29 is 15.7 Å². The van der Waals surface area contributed by atoms with Crippen molar-refractivity contribution in [2.75, 3.05) is 0 Å². The number of fused-ring (bicyclic) bond motifs is 2. The van der Waals surface area contributed by atoms with Gasteiger partial charge in [0.15, 0.2) is 0 Å². The number of aryl methyl sites for hydroxylation is 4. The van der Waals surface area contributed by atoms with Crippen LogP contribution >= 0.6 is 0 Å². The second kappa shape index (κ2) is 6.57. The third-order valence-electron chi connectivity index (χ3n) is 10.6. The standard InChI is InChI=1S/2C12H13.C4H7.2CH3.Hf.H2Si/c2*1-8-6-11-9(2)4-5-10(3)12(11)7-8;1-2-4-3-1;;;;/h2*4-7H,1-3H3;1H,2-4H2;2*1H3;;1H2. The summed E-state index contributed by atoms with van der Waals surface area (Å²) >= 11 is -4.25. The van der Waals surface area contributed by atoms with Crippen molar-refractivity contribution in [2.45, 2.75) is 81.2 Å². The van der Waals surface area contributed by atoms with Crippen molar-refractivity contribution in [3.05, 3.63) is 79.9 Å². The second-order valence-electron chi connectivity index (χ2n) is 13.4. The Kier molecular flexibility index (Phi) is 4.68. The molecule has 0 radical (unpaired) electrons. The van der Waals surface area contributed by atoms with E-state index < -0.39 is 15.7 Å². The zero-order chi connectivity index (χ0) is 23.3. The summed E-state index contributed by atoms with van der Waals surface area (Å²) in [6.45, 7) is 16.9. The fourth-order valence-electron chi connectivity index (χ4n) is 8.97. The first-order valence-electron chi connectivity index (χ1n) is 12.7. The Hall–Kier alpha value is -0.993. The number of rotatable bonds is 3. The molecule has 0 amide bonds. The van der Waals surface area contributed by atoms with E-state index in [1.165, 1.54) is 41.5 Å². The summed E-state index contributed by atoms with van der Waals surface area (Å²) in [4.78, 5) is 0. The van der Waals surface area contributed by atoms with Gasteiger partial charge in [0.05, 0.1) is 0 Å². The quantitative estimate of drug-likeness (QED) is 0.308. The van der Waals surface area contributed by atoms with Gasteiger partial charge >= 0.3 is 196 Å². The van der Waals surface area contributed by atoms with Crippen LogP contribution in [0.15, 0.2) is 35.4 Å². The molecule has 2 aromatic rings. The van der Waals surface area contributed by atoms with Gasteiger partial charge in [0.2, 0.25) is 0 Å². The van der Waals surface area contributed by atoms with E-state index in [2.05, 4.69) is 94.3 Å². The molecule has 1 fully saturated rings. The molecule has 2 heteroatoms. The third kappa shape index (κ3) is 2.63. The van der Waals surface area contributed by atoms with E-state index in [1.54, 1.807) is 33.4 Å². The summed E-state index contributed by atoms with van der Waals surface area (Å²) in [6.07, 6.45) is 9.45. The SMILES string of the molecule is CC1=Cc2c(C)ccc(C)c2[CH]1[Hf]([CH3])([CH3])(=[SiH2])([CH]1CCC1)[CH]1C(C)=Cc2c(C)ccc(C)c21. The molecule has 0 N–H and O–H groups in total. The van der Waals surface area contributed by atoms with Gasteiger partial charge in [0.25, 0.3) is 0 Å². The molecule has 0 nitrogen and oxygen atoms in total. The molecule has 32 heavy (non-hydrogen) atoms. The van der Waals surface area contributed by atoms with Gasteiger partial charge in [-0.2, -0.15) is 0 Å². The van der Waals surface area contributed by atoms with Crippen LogP contribution in [-0.4, -0.2) is 6.94 Å². The number of hydrogen-bond donors (Lipinski definition) is 0. The van der Waals surface area contributed by atoms with Gasteiger partial charge in [-0.3, -0.25) is 0 Å². The van der Waals surface area contributed by atoms with E-state index in [0.717, 1.165) is 3.67 Å². The monoisotopic (exact) mass is 609 g/mol. The predicted molar refractivity (Wildman–Crippen MR) is 142 cm³/mol. The van der Waals surface area contributed by atoms with Crippen LogP contribution in [0.3, 0.4) is 0 Å². The summed E-state index contributed by atoms with van der Waals surface area (Å²) in [5.74, 6) is 0. The molecule has 0 aromatic heterocycles. The minimum atomic E-state index is -4.25. The molecule has 3 aliphatic carbocycles. The predicted octanol–water partition coefficient (Wildman–Crippen LogP) is 8.38. The van der Waals surface area contributed by atoms with Crippen molar-refractivity contribution in [3.63, 3.8) is 0 Å². The van der Waals surface area contributed by atoms with Gasteiger partial charge in [-0.05, 0) is 0 Å². The summed E-state index contributed by atoms with van der Waals surface area (Å²) in [5.41, 5.74) is 15.7. The summed E-state index contributed by atoms with van der Waals surface area (Å²) in [5, 5.41) is 0. The Morgan fingerprint density at radius 3 is 1.38 bits per heavy atom. The Morgan fingerprint density at radius 1 is 0.656 bits per heavy atom. The molecule has 5 rings (SSSR count). The number of allylic oxidation sites excluding steroid dienone is 2. The molecule has 0 saturated heterocycles. The van der Waals surface area contributed by atoms with E-state index in [1.807, 2.05) is 0 Å². The van der Waals surface area contributed by atoms with Gasteiger partial charge in [-0.15, -0.1) is 0 Å². The maximum atomic E-state index is 2.91. The van der Waals surface area contributed by atoms with E-state index in [-0.39, 0.29) is 0 Å². The summed E-state index contributed by atoms with van der Waals surface area (Å²) in [6, 6.07) is 9.48. The van der Waals surface area contributed by atoms with Gasteiger partial charge in [-0.25, -0.2) is 0 Å². The van der Waals surface area contributed by atoms with Crippen molar-refractivity contribution >= 4 is 19.1 Å². The summed E-state index contributed by atoms with van der Waals surface area (Å²) in [7, 11) is 0. The zero-order valence-corrected chi connectivity index (χ0v) is 26.5. The van der Waals surface area contributed by atoms with Gasteiger partial charge in [0, 0.05) is 0 Å². The number of benzene rings is 2. The fraction of sp³-hybridized carbons (Fsp3) is 0.467. The van der Waals surface area contributed by atoms with Crippen LogP contribution in [0.5, 0.6) is 0 Å². The molecule has 2 unspecified atom stereocenters. The molecule has 0 spiro atoms. The molecular weight excluding hydrogens is 567 g/mol. The average Bonchev–Trinajstić information content (AvgIpc) is 3.20. The van der Waals surface area contributed by atoms with Gasteiger partial charge < -0.3 is 0 Å². The first-order valence-corrected chi connectivity index (χ1v) is 34.4. The van der Waals surface area contributed by atoms with Crippen molar-refractivity contribution in [1.29, 1.82) is 0 Å². The Balaban J connectivity index is 1.91. The van der Waals surface area contributed by atoms with Crippen LogP contribution in [0, 0.1) is 27.7 Å². The van der Waals surface area contributed by atoms with E-state index >= 15 is 0 Å². The molecule has 169 valence electrons. The first-order chi connectivity index (χ1) is 14.8. The van der Waals surface area contributed by atoms with Crippen LogP contribution in [0.4, 0.5) is 0 Å². The van der Waals surface area contributed by atoms with Crippen LogP contribution in [-0.2, 0) is 15.7 Å². The van der Waals surface area contributed by atoms with Crippen molar-refractivity contribution in [1.82, 2.24) is 0 Å². The summed E-state index contributed by atoms with van der Waals surface area (Å²) < 4.78 is 7.98. The molecule has 2 aromatic carbocycles. The van der Waals surface area contributed by atoms with Crippen molar-refractivity contribution in [3.8, 4) is 0 Å². The molecule has 1 saturated carbocycles. The Labute approximate surface area is 194 Å². The Bertz CT molecular complexity index is 1250. The first kappa shape index (κ1) is 22.8. The van der Waals surface area contributed by atoms with Crippen molar-refractivity contribution in [2.24, 2.45) is 0 Å². The minimum absolute atomic E-state index is 0.628. The normalized spacial score (nSPS) is 24.8. The molecule has 3 aliphatic rings. The zero-order valence-electron chi connectivity index (χ0n) is 21.5. The van der Waals surface area contributed by atoms with Crippen LogP contribution in [0.2, 0.25) is 13.0 Å². The fourth-order valence-corrected chi connectivity index (χ4v) is 59.0. The average molecular weight is 608 g/mol. The molecule has 0 bridgehead atoms. The Morgan fingerprint density at radius 2 is 1.03 bits per heavy atom. The molecule has 2 atom stereocenters. The topological polar surface area (TPSA) is 0 Å².